The monoisotopic (exact) mass is 625 g/mol. The van der Waals surface area contributed by atoms with Crippen molar-refractivity contribution >= 4 is 74.9 Å². The predicted molar refractivity (Wildman–Crippen MR) is 147 cm³/mol. The van der Waals surface area contributed by atoms with E-state index in [9.17, 15) is 18.0 Å². The predicted octanol–water partition coefficient (Wildman–Crippen LogP) is 7.77. The molecule has 38 heavy (non-hydrogen) atoms. The molecule has 0 unspecified atom stereocenters. The first-order valence-electron chi connectivity index (χ1n) is 10.5. The minimum atomic E-state index is -0.926. The summed E-state index contributed by atoms with van der Waals surface area (Å²) in [5.74, 6) is -2.54. The van der Waals surface area contributed by atoms with Gasteiger partial charge in [-0.3, -0.25) is 4.79 Å². The quantitative estimate of drug-likeness (QED) is 0.179. The number of aromatic amines is 1. The van der Waals surface area contributed by atoms with Gasteiger partial charge in [0.05, 0.1) is 16.6 Å². The zero-order chi connectivity index (χ0) is 25.2. The van der Waals surface area contributed by atoms with Crippen molar-refractivity contribution in [2.75, 3.05) is 10.6 Å². The van der Waals surface area contributed by atoms with Gasteiger partial charge in [0.1, 0.15) is 28.8 Å². The molecule has 0 bridgehead atoms. The van der Waals surface area contributed by atoms with Crippen molar-refractivity contribution in [1.29, 1.82) is 0 Å². The summed E-state index contributed by atoms with van der Waals surface area (Å²) < 4.78 is 48.3. The summed E-state index contributed by atoms with van der Waals surface area (Å²) >= 11 is 3.25. The number of rotatable bonds is 6. The summed E-state index contributed by atoms with van der Waals surface area (Å²) in [7, 11) is 0. The SMILES string of the molecule is Cl.Cl.O=C(Nc1ccc(F)cc1F)c1cc(Br)cnc1Nc1ccc(Oc2ccnc3[nH]ccc23)c(F)c1. The van der Waals surface area contributed by atoms with Crippen molar-refractivity contribution in [3.8, 4) is 11.5 Å². The van der Waals surface area contributed by atoms with Crippen LogP contribution in [0.2, 0.25) is 0 Å². The number of fused-ring (bicyclic) bond motifs is 1. The third-order valence-corrected chi connectivity index (χ3v) is 5.55. The third-order valence-electron chi connectivity index (χ3n) is 5.11. The molecule has 196 valence electrons. The van der Waals surface area contributed by atoms with Gasteiger partial charge < -0.3 is 20.4 Å². The average molecular weight is 627 g/mol. The molecule has 5 aromatic rings. The molecular formula is C25H17BrCl2F3N5O2. The van der Waals surface area contributed by atoms with Crippen molar-refractivity contribution in [3.05, 3.63) is 101 Å². The first kappa shape index (κ1) is 28.8. The van der Waals surface area contributed by atoms with Crippen LogP contribution in [-0.2, 0) is 0 Å². The topological polar surface area (TPSA) is 91.9 Å². The van der Waals surface area contributed by atoms with Crippen LogP contribution in [0.3, 0.4) is 0 Å². The van der Waals surface area contributed by atoms with Gasteiger partial charge >= 0.3 is 0 Å². The Morgan fingerprint density at radius 2 is 1.74 bits per heavy atom. The van der Waals surface area contributed by atoms with E-state index in [1.807, 2.05) is 0 Å². The van der Waals surface area contributed by atoms with Crippen LogP contribution < -0.4 is 15.4 Å². The van der Waals surface area contributed by atoms with E-state index in [4.69, 9.17) is 4.74 Å². The number of amides is 1. The van der Waals surface area contributed by atoms with Crippen LogP contribution in [0.1, 0.15) is 10.4 Å². The summed E-state index contributed by atoms with van der Waals surface area (Å²) in [6.45, 7) is 0. The molecule has 1 amide bonds. The van der Waals surface area contributed by atoms with Gasteiger partial charge in [-0.2, -0.15) is 0 Å². The van der Waals surface area contributed by atoms with Gasteiger partial charge in [0, 0.05) is 40.9 Å². The maximum Gasteiger partial charge on any atom is 0.259 e. The highest BCUT2D eigenvalue weighted by Crippen LogP contribution is 2.32. The molecule has 7 nitrogen and oxygen atoms in total. The highest BCUT2D eigenvalue weighted by atomic mass is 79.9. The molecule has 0 atom stereocenters. The van der Waals surface area contributed by atoms with Crippen LogP contribution in [0, 0.1) is 17.5 Å². The van der Waals surface area contributed by atoms with E-state index in [0.717, 1.165) is 12.1 Å². The highest BCUT2D eigenvalue weighted by Gasteiger charge is 2.17. The lowest BCUT2D eigenvalue weighted by atomic mass is 10.2. The van der Waals surface area contributed by atoms with Crippen molar-refractivity contribution in [2.24, 2.45) is 0 Å². The second-order valence-electron chi connectivity index (χ2n) is 7.55. The van der Waals surface area contributed by atoms with E-state index in [1.165, 1.54) is 24.4 Å². The summed E-state index contributed by atoms with van der Waals surface area (Å²) in [6.07, 6.45) is 4.69. The molecule has 0 aliphatic heterocycles. The fourth-order valence-electron chi connectivity index (χ4n) is 3.43. The van der Waals surface area contributed by atoms with E-state index in [1.54, 1.807) is 30.6 Å². The van der Waals surface area contributed by atoms with Gasteiger partial charge in [-0.05, 0) is 58.4 Å². The molecule has 2 aromatic carbocycles. The Labute approximate surface area is 234 Å². The minimum Gasteiger partial charge on any atom is -0.453 e. The Morgan fingerprint density at radius 3 is 2.50 bits per heavy atom. The van der Waals surface area contributed by atoms with Gasteiger partial charge in [0.25, 0.3) is 5.91 Å². The number of pyridine rings is 2. The number of nitrogens with one attached hydrogen (secondary N) is 3. The molecule has 0 spiro atoms. The third kappa shape index (κ3) is 6.18. The van der Waals surface area contributed by atoms with Gasteiger partial charge in [-0.25, -0.2) is 23.1 Å². The van der Waals surface area contributed by atoms with Crippen molar-refractivity contribution in [2.45, 2.75) is 0 Å². The van der Waals surface area contributed by atoms with Crippen LogP contribution in [0.5, 0.6) is 11.5 Å². The molecule has 13 heteroatoms. The number of ether oxygens (including phenoxy) is 1. The second-order valence-corrected chi connectivity index (χ2v) is 8.46. The maximum absolute atomic E-state index is 14.9. The molecule has 0 fully saturated rings. The van der Waals surface area contributed by atoms with E-state index in [-0.39, 0.29) is 47.6 Å². The Morgan fingerprint density at radius 1 is 0.921 bits per heavy atom. The van der Waals surface area contributed by atoms with Crippen molar-refractivity contribution in [1.82, 2.24) is 15.0 Å². The number of halogens is 6. The summed E-state index contributed by atoms with van der Waals surface area (Å²) in [5, 5.41) is 5.97. The van der Waals surface area contributed by atoms with Gasteiger partial charge in [0.15, 0.2) is 11.6 Å². The maximum atomic E-state index is 14.9. The van der Waals surface area contributed by atoms with Crippen LogP contribution in [0.4, 0.5) is 30.4 Å². The van der Waals surface area contributed by atoms with E-state index < -0.39 is 23.4 Å². The lowest BCUT2D eigenvalue weighted by Gasteiger charge is -2.13. The van der Waals surface area contributed by atoms with Crippen LogP contribution in [0.15, 0.2) is 77.7 Å². The molecule has 0 saturated carbocycles. The molecule has 0 aliphatic carbocycles. The lowest BCUT2D eigenvalue weighted by molar-refractivity contribution is 0.102. The zero-order valence-corrected chi connectivity index (χ0v) is 22.2. The molecule has 3 aromatic heterocycles. The molecule has 0 saturated heterocycles. The van der Waals surface area contributed by atoms with Gasteiger partial charge in [0.2, 0.25) is 0 Å². The molecule has 3 N–H and O–H groups in total. The Kier molecular flexibility index (Phi) is 9.21. The highest BCUT2D eigenvalue weighted by molar-refractivity contribution is 9.10. The fraction of sp³-hybridized carbons (Fsp3) is 0. The largest absolute Gasteiger partial charge is 0.453 e. The normalized spacial score (nSPS) is 10.3. The second kappa shape index (κ2) is 12.2. The van der Waals surface area contributed by atoms with Crippen molar-refractivity contribution in [3.63, 3.8) is 0 Å². The number of H-pyrrole nitrogens is 1. The number of hydrogen-bond donors (Lipinski definition) is 3. The molecule has 0 radical (unpaired) electrons. The lowest BCUT2D eigenvalue weighted by Crippen LogP contribution is -2.16. The Hall–Kier alpha value is -3.80. The Balaban J connectivity index is 0.00000200. The number of carbonyl (C=O) groups is 1. The van der Waals surface area contributed by atoms with Crippen molar-refractivity contribution < 1.29 is 22.7 Å². The van der Waals surface area contributed by atoms with Gasteiger partial charge in [-0.1, -0.05) is 0 Å². The summed E-state index contributed by atoms with van der Waals surface area (Å²) in [4.78, 5) is 24.2. The standard InChI is InChI=1S/C25H15BrF3N5O2.2ClH/c26-13-9-17(25(35)34-20-3-1-14(27)10-18(20)28)24(32-12-13)33-15-2-4-22(19(29)11-15)36-21-6-8-31-23-16(21)5-7-30-23;;/h1-12H,(H,30,31)(H,32,33)(H,34,35);2*1H. The van der Waals surface area contributed by atoms with Crippen LogP contribution >= 0.6 is 40.7 Å². The molecule has 3 heterocycles. The fourth-order valence-corrected chi connectivity index (χ4v) is 3.76. The summed E-state index contributed by atoms with van der Waals surface area (Å²) in [6, 6.07) is 11.8. The number of benzene rings is 2. The minimum absolute atomic E-state index is 0. The van der Waals surface area contributed by atoms with Crippen LogP contribution in [-0.4, -0.2) is 20.9 Å². The first-order valence-corrected chi connectivity index (χ1v) is 11.2. The van der Waals surface area contributed by atoms with E-state index in [0.29, 0.717) is 33.0 Å². The molecule has 5 rings (SSSR count). The summed E-state index contributed by atoms with van der Waals surface area (Å²) in [5.41, 5.74) is 0.741. The number of hydrogen-bond acceptors (Lipinski definition) is 5. The van der Waals surface area contributed by atoms with E-state index in [2.05, 4.69) is 41.5 Å². The molecule has 0 aliphatic rings. The van der Waals surface area contributed by atoms with Crippen LogP contribution in [0.25, 0.3) is 11.0 Å². The zero-order valence-electron chi connectivity index (χ0n) is 19.0. The number of carbonyl (C=O) groups excluding carboxylic acids is 1. The average Bonchev–Trinajstić information content (AvgIpc) is 3.33. The Bertz CT molecular complexity index is 1620. The van der Waals surface area contributed by atoms with E-state index >= 15 is 0 Å². The smallest absolute Gasteiger partial charge is 0.259 e. The van der Waals surface area contributed by atoms with Gasteiger partial charge in [-0.15, -0.1) is 24.8 Å². The first-order chi connectivity index (χ1) is 17.4. The number of nitrogens with zero attached hydrogens (tertiary/aromatic N) is 2. The number of aromatic nitrogens is 3. The molecular weight excluding hydrogens is 610 g/mol. The number of anilines is 3.